The van der Waals surface area contributed by atoms with E-state index in [2.05, 4.69) is 10.1 Å². The summed E-state index contributed by atoms with van der Waals surface area (Å²) >= 11 is 0. The zero-order valence-electron chi connectivity index (χ0n) is 15.7. The molecule has 0 saturated carbocycles. The fraction of sp³-hybridized carbons (Fsp3) is 0.286. The first-order chi connectivity index (χ1) is 13.1. The van der Waals surface area contributed by atoms with E-state index in [0.717, 1.165) is 24.0 Å². The first-order valence-corrected chi connectivity index (χ1v) is 9.12. The number of carbonyl (C=O) groups is 1. The van der Waals surface area contributed by atoms with Crippen molar-refractivity contribution < 1.29 is 9.32 Å². The molecule has 1 atom stereocenters. The summed E-state index contributed by atoms with van der Waals surface area (Å²) in [5.41, 5.74) is 7.63. The van der Waals surface area contributed by atoms with Crippen LogP contribution in [0.4, 0.5) is 0 Å². The Morgan fingerprint density at radius 2 is 1.89 bits per heavy atom. The molecular weight excluding hydrogens is 376 g/mol. The van der Waals surface area contributed by atoms with Gasteiger partial charge < -0.3 is 15.2 Å². The summed E-state index contributed by atoms with van der Waals surface area (Å²) < 4.78 is 5.60. The Bertz CT molecular complexity index is 943. The third-order valence-electron chi connectivity index (χ3n) is 5.24. The van der Waals surface area contributed by atoms with Crippen LogP contribution in [0.5, 0.6) is 0 Å². The van der Waals surface area contributed by atoms with Crippen molar-refractivity contribution in [3.8, 4) is 11.4 Å². The zero-order chi connectivity index (χ0) is 18.9. The number of halogens is 1. The molecule has 4 rings (SSSR count). The normalized spacial score (nSPS) is 18.7. The molecule has 0 radical (unpaired) electrons. The van der Waals surface area contributed by atoms with Gasteiger partial charge in [0.1, 0.15) is 5.54 Å². The highest BCUT2D eigenvalue weighted by atomic mass is 35.5. The fourth-order valence-electron chi connectivity index (χ4n) is 3.60. The third kappa shape index (κ3) is 3.53. The summed E-state index contributed by atoms with van der Waals surface area (Å²) in [7, 11) is 0. The first-order valence-electron chi connectivity index (χ1n) is 9.12. The Morgan fingerprint density at radius 1 is 1.18 bits per heavy atom. The highest BCUT2D eigenvalue weighted by Gasteiger charge is 2.45. The van der Waals surface area contributed by atoms with Crippen molar-refractivity contribution in [2.24, 2.45) is 5.73 Å². The topological polar surface area (TPSA) is 85.2 Å². The Balaban J connectivity index is 0.00000225. The predicted octanol–water partition coefficient (Wildman–Crippen LogP) is 3.77. The molecule has 2 heterocycles. The average Bonchev–Trinajstić information content (AvgIpc) is 3.36. The number of hydrogen-bond donors (Lipinski definition) is 1. The molecule has 2 N–H and O–H groups in total. The van der Waals surface area contributed by atoms with Gasteiger partial charge >= 0.3 is 0 Å². The molecule has 1 amide bonds. The molecule has 3 aromatic rings. The molecule has 28 heavy (non-hydrogen) atoms. The van der Waals surface area contributed by atoms with Gasteiger partial charge in [0.05, 0.1) is 0 Å². The molecule has 1 aliphatic heterocycles. The lowest BCUT2D eigenvalue weighted by Crippen LogP contribution is -2.43. The number of carbonyl (C=O) groups excluding carboxylic acids is 1. The highest BCUT2D eigenvalue weighted by Crippen LogP contribution is 2.39. The number of hydrogen-bond acceptors (Lipinski definition) is 5. The van der Waals surface area contributed by atoms with Gasteiger partial charge in [-0.15, -0.1) is 12.4 Å². The Labute approximate surface area is 170 Å². The summed E-state index contributed by atoms with van der Waals surface area (Å²) in [5.74, 6) is 0.985. The Kier molecular flexibility index (Phi) is 5.82. The SMILES string of the molecule is CC1(c2nc(-c3ccc(CN)cc3)no2)CCCN1C(=O)c1ccccc1.Cl. The standard InChI is InChI=1S/C21H22N4O2.ClH/c1-21(12-5-13-25(21)19(26)17-6-3-2-4-7-17)20-23-18(24-27-20)16-10-8-15(14-22)9-11-16;/h2-4,6-11H,5,12-14,22H2,1H3;1H. The molecule has 1 fully saturated rings. The molecule has 0 aliphatic carbocycles. The van der Waals surface area contributed by atoms with Gasteiger partial charge in [-0.2, -0.15) is 4.98 Å². The van der Waals surface area contributed by atoms with E-state index < -0.39 is 5.54 Å². The lowest BCUT2D eigenvalue weighted by atomic mass is 9.98. The summed E-state index contributed by atoms with van der Waals surface area (Å²) in [6.45, 7) is 3.16. The quantitative estimate of drug-likeness (QED) is 0.723. The van der Waals surface area contributed by atoms with Crippen LogP contribution in [0.15, 0.2) is 59.1 Å². The van der Waals surface area contributed by atoms with Crippen LogP contribution < -0.4 is 5.73 Å². The van der Waals surface area contributed by atoms with E-state index in [1.54, 1.807) is 0 Å². The van der Waals surface area contributed by atoms with Crippen molar-refractivity contribution in [3.63, 3.8) is 0 Å². The van der Waals surface area contributed by atoms with E-state index in [1.807, 2.05) is 66.4 Å². The minimum Gasteiger partial charge on any atom is -0.336 e. The molecule has 0 bridgehead atoms. The molecule has 1 unspecified atom stereocenters. The van der Waals surface area contributed by atoms with Crippen LogP contribution >= 0.6 is 12.4 Å². The van der Waals surface area contributed by atoms with E-state index in [1.165, 1.54) is 0 Å². The summed E-state index contributed by atoms with van der Waals surface area (Å²) in [6, 6.07) is 17.1. The monoisotopic (exact) mass is 398 g/mol. The zero-order valence-corrected chi connectivity index (χ0v) is 16.5. The van der Waals surface area contributed by atoms with Crippen LogP contribution in [0.3, 0.4) is 0 Å². The lowest BCUT2D eigenvalue weighted by Gasteiger charge is -2.32. The van der Waals surface area contributed by atoms with Crippen molar-refractivity contribution in [2.45, 2.75) is 31.8 Å². The molecular formula is C21H23ClN4O2. The highest BCUT2D eigenvalue weighted by molar-refractivity contribution is 5.94. The van der Waals surface area contributed by atoms with Crippen molar-refractivity contribution in [3.05, 3.63) is 71.6 Å². The smallest absolute Gasteiger partial charge is 0.254 e. The minimum atomic E-state index is -0.602. The van der Waals surface area contributed by atoms with E-state index in [-0.39, 0.29) is 18.3 Å². The second-order valence-electron chi connectivity index (χ2n) is 7.02. The maximum atomic E-state index is 13.0. The largest absolute Gasteiger partial charge is 0.336 e. The number of likely N-dealkylation sites (tertiary alicyclic amines) is 1. The van der Waals surface area contributed by atoms with Crippen LogP contribution in [-0.4, -0.2) is 27.5 Å². The predicted molar refractivity (Wildman–Crippen MR) is 109 cm³/mol. The molecule has 2 aromatic carbocycles. The molecule has 6 nitrogen and oxygen atoms in total. The van der Waals surface area contributed by atoms with Crippen molar-refractivity contribution >= 4 is 18.3 Å². The van der Waals surface area contributed by atoms with Crippen LogP contribution in [0.25, 0.3) is 11.4 Å². The van der Waals surface area contributed by atoms with Gasteiger partial charge in [0.25, 0.3) is 11.8 Å². The van der Waals surface area contributed by atoms with Gasteiger partial charge in [0.15, 0.2) is 0 Å². The summed E-state index contributed by atoms with van der Waals surface area (Å²) in [4.78, 5) is 19.5. The molecule has 146 valence electrons. The van der Waals surface area contributed by atoms with Crippen LogP contribution in [0.1, 0.15) is 41.6 Å². The number of benzene rings is 2. The van der Waals surface area contributed by atoms with Gasteiger partial charge in [0.2, 0.25) is 5.82 Å². The average molecular weight is 399 g/mol. The summed E-state index contributed by atoms with van der Waals surface area (Å²) in [6.07, 6.45) is 1.69. The number of rotatable bonds is 4. The van der Waals surface area contributed by atoms with E-state index >= 15 is 0 Å². The van der Waals surface area contributed by atoms with Crippen molar-refractivity contribution in [2.75, 3.05) is 6.54 Å². The number of aromatic nitrogens is 2. The molecule has 1 aliphatic rings. The van der Waals surface area contributed by atoms with Gasteiger partial charge in [0, 0.05) is 24.2 Å². The Hall–Kier alpha value is -2.70. The number of amides is 1. The maximum Gasteiger partial charge on any atom is 0.254 e. The molecule has 7 heteroatoms. The van der Waals surface area contributed by atoms with Crippen molar-refractivity contribution in [1.29, 1.82) is 0 Å². The van der Waals surface area contributed by atoms with E-state index in [4.69, 9.17) is 10.3 Å². The Morgan fingerprint density at radius 3 is 2.57 bits per heavy atom. The number of nitrogens with zero attached hydrogens (tertiary/aromatic N) is 3. The first kappa shape index (κ1) is 20.0. The van der Waals surface area contributed by atoms with Crippen LogP contribution in [0, 0.1) is 0 Å². The second kappa shape index (κ2) is 8.12. The van der Waals surface area contributed by atoms with Crippen LogP contribution in [-0.2, 0) is 12.1 Å². The number of nitrogens with two attached hydrogens (primary N) is 1. The van der Waals surface area contributed by atoms with Crippen molar-refractivity contribution in [1.82, 2.24) is 15.0 Å². The van der Waals surface area contributed by atoms with E-state index in [9.17, 15) is 4.79 Å². The summed E-state index contributed by atoms with van der Waals surface area (Å²) in [5, 5.41) is 4.14. The van der Waals surface area contributed by atoms with E-state index in [0.29, 0.717) is 30.4 Å². The molecule has 1 saturated heterocycles. The van der Waals surface area contributed by atoms with Gasteiger partial charge in [-0.3, -0.25) is 4.79 Å². The van der Waals surface area contributed by atoms with Gasteiger partial charge in [-0.1, -0.05) is 47.6 Å². The van der Waals surface area contributed by atoms with Gasteiger partial charge in [-0.05, 0) is 37.5 Å². The molecule has 0 spiro atoms. The lowest BCUT2D eigenvalue weighted by molar-refractivity contribution is 0.0551. The van der Waals surface area contributed by atoms with Gasteiger partial charge in [-0.25, -0.2) is 0 Å². The molecule has 1 aromatic heterocycles. The second-order valence-corrected chi connectivity index (χ2v) is 7.02. The maximum absolute atomic E-state index is 13.0. The minimum absolute atomic E-state index is 0. The fourth-order valence-corrected chi connectivity index (χ4v) is 3.60. The third-order valence-corrected chi connectivity index (χ3v) is 5.24. The van der Waals surface area contributed by atoms with Crippen LogP contribution in [0.2, 0.25) is 0 Å².